The second kappa shape index (κ2) is 6.35. The molecule has 0 spiro atoms. The van der Waals surface area contributed by atoms with Gasteiger partial charge in [-0.15, -0.1) is 0 Å². The van der Waals surface area contributed by atoms with Gasteiger partial charge >= 0.3 is 5.97 Å². The number of hydrogen-bond donors (Lipinski definition) is 1. The molecule has 1 heterocycles. The van der Waals surface area contributed by atoms with Crippen LogP contribution in [-0.4, -0.2) is 26.4 Å². The number of aliphatic carboxylic acids is 1. The highest BCUT2D eigenvalue weighted by molar-refractivity contribution is 7.99. The summed E-state index contributed by atoms with van der Waals surface area (Å²) >= 11 is 1.31. The normalized spacial score (nSPS) is 15.4. The summed E-state index contributed by atoms with van der Waals surface area (Å²) in [7, 11) is 0. The van der Waals surface area contributed by atoms with Gasteiger partial charge in [0.05, 0.1) is 17.6 Å². The maximum Gasteiger partial charge on any atom is 0.313 e. The Morgan fingerprint density at radius 1 is 1.29 bits per heavy atom. The molecule has 1 N–H and O–H groups in total. The van der Waals surface area contributed by atoms with Crippen LogP contribution in [0.3, 0.4) is 0 Å². The fraction of sp³-hybridized carbons (Fsp3) is 0.375. The number of thioether (sulfide) groups is 1. The fourth-order valence-electron chi connectivity index (χ4n) is 2.91. The number of hydrogen-bond acceptors (Lipinski definition) is 3. The minimum Gasteiger partial charge on any atom is -0.481 e. The van der Waals surface area contributed by atoms with Crippen molar-refractivity contribution >= 4 is 17.7 Å². The first-order valence-electron chi connectivity index (χ1n) is 7.23. The average molecular weight is 302 g/mol. The van der Waals surface area contributed by atoms with E-state index in [-0.39, 0.29) is 5.75 Å². The average Bonchev–Trinajstić information content (AvgIpc) is 3.15. The van der Waals surface area contributed by atoms with Gasteiger partial charge in [0, 0.05) is 6.04 Å². The Kier molecular flexibility index (Phi) is 4.29. The Morgan fingerprint density at radius 2 is 2.00 bits per heavy atom. The number of carboxylic acids is 1. The molecule has 0 saturated heterocycles. The van der Waals surface area contributed by atoms with E-state index in [2.05, 4.69) is 21.7 Å². The smallest absolute Gasteiger partial charge is 0.313 e. The molecular weight excluding hydrogens is 284 g/mol. The Hall–Kier alpha value is -1.75. The zero-order valence-corrected chi connectivity index (χ0v) is 12.6. The second-order valence-electron chi connectivity index (χ2n) is 5.28. The Morgan fingerprint density at radius 3 is 2.67 bits per heavy atom. The van der Waals surface area contributed by atoms with Crippen LogP contribution in [0.25, 0.3) is 11.3 Å². The van der Waals surface area contributed by atoms with Crippen molar-refractivity contribution in [3.8, 4) is 11.3 Å². The minimum atomic E-state index is -0.803. The highest BCUT2D eigenvalue weighted by Gasteiger charge is 2.23. The first-order valence-corrected chi connectivity index (χ1v) is 8.21. The van der Waals surface area contributed by atoms with Crippen LogP contribution in [0.4, 0.5) is 0 Å². The van der Waals surface area contributed by atoms with E-state index in [1.165, 1.54) is 24.6 Å². The molecule has 110 valence electrons. The van der Waals surface area contributed by atoms with Gasteiger partial charge in [-0.05, 0) is 18.4 Å². The molecule has 1 aromatic carbocycles. The molecule has 0 bridgehead atoms. The quantitative estimate of drug-likeness (QED) is 0.853. The van der Waals surface area contributed by atoms with Gasteiger partial charge in [-0.3, -0.25) is 4.79 Å². The summed E-state index contributed by atoms with van der Waals surface area (Å²) in [6.45, 7) is 0. The number of nitrogens with zero attached hydrogens (tertiary/aromatic N) is 2. The van der Waals surface area contributed by atoms with Crippen molar-refractivity contribution in [3.05, 3.63) is 36.5 Å². The summed E-state index contributed by atoms with van der Waals surface area (Å²) in [5, 5.41) is 9.72. The van der Waals surface area contributed by atoms with Crippen LogP contribution in [0.1, 0.15) is 31.7 Å². The van der Waals surface area contributed by atoms with Gasteiger partial charge in [0.25, 0.3) is 0 Å². The lowest BCUT2D eigenvalue weighted by Gasteiger charge is -2.18. The molecule has 0 aliphatic heterocycles. The van der Waals surface area contributed by atoms with E-state index in [1.807, 2.05) is 24.4 Å². The first kappa shape index (κ1) is 14.2. The van der Waals surface area contributed by atoms with E-state index in [1.54, 1.807) is 0 Å². The Labute approximate surface area is 128 Å². The first-order chi connectivity index (χ1) is 10.3. The van der Waals surface area contributed by atoms with E-state index in [0.717, 1.165) is 29.3 Å². The third kappa shape index (κ3) is 3.13. The van der Waals surface area contributed by atoms with Crippen molar-refractivity contribution in [1.29, 1.82) is 0 Å². The van der Waals surface area contributed by atoms with Crippen molar-refractivity contribution < 1.29 is 9.90 Å². The van der Waals surface area contributed by atoms with Gasteiger partial charge < -0.3 is 9.67 Å². The summed E-state index contributed by atoms with van der Waals surface area (Å²) in [6.07, 6.45) is 6.64. The van der Waals surface area contributed by atoms with Crippen LogP contribution in [0.2, 0.25) is 0 Å². The molecule has 0 amide bonds. The molecule has 0 unspecified atom stereocenters. The van der Waals surface area contributed by atoms with Gasteiger partial charge in [0.2, 0.25) is 0 Å². The number of carbonyl (C=O) groups is 1. The Bertz CT molecular complexity index is 618. The third-order valence-electron chi connectivity index (χ3n) is 3.85. The number of rotatable bonds is 5. The Balaban J connectivity index is 1.97. The maximum absolute atomic E-state index is 10.8. The van der Waals surface area contributed by atoms with Gasteiger partial charge in [0.1, 0.15) is 0 Å². The summed E-state index contributed by atoms with van der Waals surface area (Å²) < 4.78 is 2.25. The van der Waals surface area contributed by atoms with Gasteiger partial charge in [-0.2, -0.15) is 0 Å². The van der Waals surface area contributed by atoms with E-state index in [0.29, 0.717) is 6.04 Å². The highest BCUT2D eigenvalue weighted by atomic mass is 32.2. The lowest BCUT2D eigenvalue weighted by atomic mass is 10.1. The number of imidazole rings is 1. The monoisotopic (exact) mass is 302 g/mol. The predicted molar refractivity (Wildman–Crippen MR) is 83.5 cm³/mol. The zero-order chi connectivity index (χ0) is 14.7. The van der Waals surface area contributed by atoms with E-state index < -0.39 is 5.97 Å². The molecule has 1 fully saturated rings. The van der Waals surface area contributed by atoms with Crippen LogP contribution in [0.15, 0.2) is 41.7 Å². The summed E-state index contributed by atoms with van der Waals surface area (Å²) in [5.74, 6) is -0.750. The minimum absolute atomic E-state index is 0.0535. The highest BCUT2D eigenvalue weighted by Crippen LogP contribution is 2.37. The molecule has 3 rings (SSSR count). The third-order valence-corrected chi connectivity index (χ3v) is 4.80. The van der Waals surface area contributed by atoms with Gasteiger partial charge in [0.15, 0.2) is 5.16 Å². The van der Waals surface area contributed by atoms with Gasteiger partial charge in [-0.1, -0.05) is 54.9 Å². The van der Waals surface area contributed by atoms with Crippen LogP contribution < -0.4 is 0 Å². The molecular formula is C16H18N2O2S. The van der Waals surface area contributed by atoms with E-state index >= 15 is 0 Å². The summed E-state index contributed by atoms with van der Waals surface area (Å²) in [5.41, 5.74) is 2.23. The lowest BCUT2D eigenvalue weighted by Crippen LogP contribution is -2.09. The molecule has 21 heavy (non-hydrogen) atoms. The molecule has 0 atom stereocenters. The molecule has 2 aromatic rings. The number of carboxylic acid groups (broad SMARTS) is 1. The van der Waals surface area contributed by atoms with Gasteiger partial charge in [-0.25, -0.2) is 4.98 Å². The lowest BCUT2D eigenvalue weighted by molar-refractivity contribution is -0.133. The van der Waals surface area contributed by atoms with Crippen LogP contribution >= 0.6 is 11.8 Å². The molecule has 1 aliphatic carbocycles. The molecule has 4 nitrogen and oxygen atoms in total. The molecule has 0 radical (unpaired) electrons. The standard InChI is InChI=1S/C16H18N2O2S/c19-15(20)11-21-16-17-10-14(12-6-2-1-3-7-12)18(16)13-8-4-5-9-13/h1-3,6-7,10,13H,4-5,8-9,11H2,(H,19,20). The molecule has 1 aromatic heterocycles. The van der Waals surface area contributed by atoms with Crippen molar-refractivity contribution in [3.63, 3.8) is 0 Å². The van der Waals surface area contributed by atoms with Crippen LogP contribution in [-0.2, 0) is 4.79 Å². The fourth-order valence-corrected chi connectivity index (χ4v) is 3.68. The maximum atomic E-state index is 10.8. The van der Waals surface area contributed by atoms with Crippen LogP contribution in [0.5, 0.6) is 0 Å². The van der Waals surface area contributed by atoms with Crippen molar-refractivity contribution in [2.45, 2.75) is 36.9 Å². The zero-order valence-electron chi connectivity index (χ0n) is 11.7. The molecule has 1 aliphatic rings. The topological polar surface area (TPSA) is 55.1 Å². The van der Waals surface area contributed by atoms with E-state index in [4.69, 9.17) is 5.11 Å². The molecule has 5 heteroatoms. The van der Waals surface area contributed by atoms with Crippen molar-refractivity contribution in [2.75, 3.05) is 5.75 Å². The van der Waals surface area contributed by atoms with Crippen molar-refractivity contribution in [2.24, 2.45) is 0 Å². The second-order valence-corrected chi connectivity index (χ2v) is 6.23. The number of aromatic nitrogens is 2. The van der Waals surface area contributed by atoms with Crippen LogP contribution in [0, 0.1) is 0 Å². The summed E-state index contributed by atoms with van der Waals surface area (Å²) in [6, 6.07) is 10.6. The SMILES string of the molecule is O=C(O)CSc1ncc(-c2ccccc2)n1C1CCCC1. The predicted octanol–water partition coefficient (Wildman–Crippen LogP) is 3.84. The summed E-state index contributed by atoms with van der Waals surface area (Å²) in [4.78, 5) is 15.3. The molecule has 1 saturated carbocycles. The number of benzene rings is 1. The van der Waals surface area contributed by atoms with Crippen molar-refractivity contribution in [1.82, 2.24) is 9.55 Å². The van der Waals surface area contributed by atoms with E-state index in [9.17, 15) is 4.79 Å². The largest absolute Gasteiger partial charge is 0.481 e.